The molecule has 8 heteroatoms. The number of halogens is 1. The average Bonchev–Trinajstić information content (AvgIpc) is 3.24. The molecule has 2 aromatic rings. The van der Waals surface area contributed by atoms with Gasteiger partial charge in [0, 0.05) is 53.4 Å². The van der Waals surface area contributed by atoms with E-state index in [0.717, 1.165) is 42.7 Å². The Morgan fingerprint density at radius 2 is 1.87 bits per heavy atom. The number of piperazine rings is 1. The van der Waals surface area contributed by atoms with Gasteiger partial charge in [-0.25, -0.2) is 4.98 Å². The topological polar surface area (TPSA) is 62.8 Å². The number of nitrogens with zero attached hydrogens (tertiary/aromatic N) is 5. The molecule has 1 aliphatic rings. The van der Waals surface area contributed by atoms with Crippen molar-refractivity contribution in [1.82, 2.24) is 30.0 Å². The van der Waals surface area contributed by atoms with Gasteiger partial charge in [-0.1, -0.05) is 44.2 Å². The Morgan fingerprint density at radius 1 is 1.19 bits per heavy atom. The number of rotatable bonds is 8. The average molecular weight is 540 g/mol. The number of benzene rings is 1. The number of aliphatic imine (C=N–C) groups is 1. The Labute approximate surface area is 204 Å². The lowest BCUT2D eigenvalue weighted by atomic mass is 10.1. The van der Waals surface area contributed by atoms with Crippen molar-refractivity contribution in [3.63, 3.8) is 0 Å². The van der Waals surface area contributed by atoms with Gasteiger partial charge in [0.25, 0.3) is 0 Å². The highest BCUT2D eigenvalue weighted by molar-refractivity contribution is 14.0. The van der Waals surface area contributed by atoms with E-state index < -0.39 is 0 Å². The second-order valence-electron chi connectivity index (χ2n) is 8.23. The maximum absolute atomic E-state index is 4.54. The van der Waals surface area contributed by atoms with E-state index in [0.29, 0.717) is 12.5 Å². The summed E-state index contributed by atoms with van der Waals surface area (Å²) in [6, 6.07) is 10.3. The Kier molecular flexibility index (Phi) is 10.8. The molecular weight excluding hydrogens is 501 g/mol. The lowest BCUT2D eigenvalue weighted by molar-refractivity contribution is 0.124. The number of hydrogen-bond donors (Lipinski definition) is 2. The Bertz CT molecular complexity index is 784. The Morgan fingerprint density at radius 3 is 2.52 bits per heavy atom. The molecular formula is C23H38IN7. The predicted octanol–water partition coefficient (Wildman–Crippen LogP) is 2.98. The van der Waals surface area contributed by atoms with Crippen LogP contribution in [0, 0.1) is 5.92 Å². The van der Waals surface area contributed by atoms with E-state index in [9.17, 15) is 0 Å². The molecule has 172 valence electrons. The second-order valence-corrected chi connectivity index (χ2v) is 8.23. The molecule has 0 aliphatic carbocycles. The van der Waals surface area contributed by atoms with Crippen LogP contribution in [0.5, 0.6) is 0 Å². The van der Waals surface area contributed by atoms with Gasteiger partial charge in [-0.3, -0.25) is 4.99 Å². The Balaban J connectivity index is 0.00000341. The van der Waals surface area contributed by atoms with Crippen molar-refractivity contribution < 1.29 is 0 Å². The number of likely N-dealkylation sites (N-methyl/N-ethyl adjacent to an activating group) is 1. The molecule has 1 unspecified atom stereocenters. The SMILES string of the molecule is CCN1CCN(CC(C)CNC(=NC)N(C)Cc2ncc(-c3ccccc3)[nH]2)CC1.I. The van der Waals surface area contributed by atoms with Gasteiger partial charge >= 0.3 is 0 Å². The number of aromatic amines is 1. The molecule has 1 fully saturated rings. The van der Waals surface area contributed by atoms with Crippen molar-refractivity contribution in [2.24, 2.45) is 10.9 Å². The summed E-state index contributed by atoms with van der Waals surface area (Å²) in [5, 5.41) is 3.53. The largest absolute Gasteiger partial charge is 0.356 e. The summed E-state index contributed by atoms with van der Waals surface area (Å²) in [7, 11) is 3.89. The van der Waals surface area contributed by atoms with Crippen molar-refractivity contribution >= 4 is 29.9 Å². The number of H-pyrrole nitrogens is 1. The number of guanidine groups is 1. The third-order valence-electron chi connectivity index (χ3n) is 5.76. The first-order valence-electron chi connectivity index (χ1n) is 11.0. The number of aromatic nitrogens is 2. The van der Waals surface area contributed by atoms with Crippen molar-refractivity contribution in [2.45, 2.75) is 20.4 Å². The van der Waals surface area contributed by atoms with Gasteiger partial charge in [0.05, 0.1) is 18.4 Å². The first kappa shape index (κ1) is 25.6. The number of hydrogen-bond acceptors (Lipinski definition) is 4. The Hall–Kier alpha value is -1.65. The molecule has 2 N–H and O–H groups in total. The zero-order chi connectivity index (χ0) is 21.3. The molecule has 1 aromatic heterocycles. The van der Waals surface area contributed by atoms with Gasteiger partial charge in [0.1, 0.15) is 5.82 Å². The molecule has 1 saturated heterocycles. The lowest BCUT2D eigenvalue weighted by Gasteiger charge is -2.35. The molecule has 1 aliphatic heterocycles. The van der Waals surface area contributed by atoms with E-state index in [1.54, 1.807) is 0 Å². The fraction of sp³-hybridized carbons (Fsp3) is 0.565. The summed E-state index contributed by atoms with van der Waals surface area (Å²) in [6.07, 6.45) is 1.90. The minimum Gasteiger partial charge on any atom is -0.356 e. The van der Waals surface area contributed by atoms with Crippen molar-refractivity contribution in [3.8, 4) is 11.3 Å². The summed E-state index contributed by atoms with van der Waals surface area (Å²) in [5.41, 5.74) is 2.19. The van der Waals surface area contributed by atoms with Crippen LogP contribution in [0.3, 0.4) is 0 Å². The van der Waals surface area contributed by atoms with Gasteiger partial charge in [-0.15, -0.1) is 24.0 Å². The highest BCUT2D eigenvalue weighted by Crippen LogP contribution is 2.16. The van der Waals surface area contributed by atoms with E-state index in [2.05, 4.69) is 68.0 Å². The quantitative estimate of drug-likeness (QED) is 0.307. The van der Waals surface area contributed by atoms with Gasteiger partial charge in [-0.05, 0) is 18.0 Å². The molecule has 0 bridgehead atoms. The van der Waals surface area contributed by atoms with Crippen LogP contribution < -0.4 is 5.32 Å². The molecule has 2 heterocycles. The van der Waals surface area contributed by atoms with E-state index in [1.807, 2.05) is 31.4 Å². The minimum absolute atomic E-state index is 0. The zero-order valence-electron chi connectivity index (χ0n) is 19.3. The molecule has 31 heavy (non-hydrogen) atoms. The maximum atomic E-state index is 4.54. The highest BCUT2D eigenvalue weighted by Gasteiger charge is 2.18. The fourth-order valence-electron chi connectivity index (χ4n) is 3.95. The van der Waals surface area contributed by atoms with Gasteiger partial charge in [0.15, 0.2) is 5.96 Å². The molecule has 0 spiro atoms. The van der Waals surface area contributed by atoms with Crippen molar-refractivity contribution in [1.29, 1.82) is 0 Å². The summed E-state index contributed by atoms with van der Waals surface area (Å²) in [4.78, 5) is 19.6. The molecule has 0 saturated carbocycles. The van der Waals surface area contributed by atoms with E-state index in [4.69, 9.17) is 0 Å². The number of nitrogens with one attached hydrogen (secondary N) is 2. The van der Waals surface area contributed by atoms with Crippen LogP contribution in [0.4, 0.5) is 0 Å². The van der Waals surface area contributed by atoms with Crippen LogP contribution in [0.2, 0.25) is 0 Å². The summed E-state index contributed by atoms with van der Waals surface area (Å²) in [6.45, 7) is 13.2. The third kappa shape index (κ3) is 7.76. The summed E-state index contributed by atoms with van der Waals surface area (Å²) < 4.78 is 0. The van der Waals surface area contributed by atoms with E-state index in [-0.39, 0.29) is 24.0 Å². The highest BCUT2D eigenvalue weighted by atomic mass is 127. The van der Waals surface area contributed by atoms with Crippen molar-refractivity contribution in [2.75, 3.05) is 59.9 Å². The minimum atomic E-state index is 0. The van der Waals surface area contributed by atoms with E-state index in [1.165, 1.54) is 26.2 Å². The van der Waals surface area contributed by atoms with Crippen molar-refractivity contribution in [3.05, 3.63) is 42.4 Å². The maximum Gasteiger partial charge on any atom is 0.193 e. The monoisotopic (exact) mass is 539 g/mol. The van der Waals surface area contributed by atoms with Crippen LogP contribution in [0.25, 0.3) is 11.3 Å². The van der Waals surface area contributed by atoms with Gasteiger partial charge < -0.3 is 25.0 Å². The van der Waals surface area contributed by atoms with E-state index >= 15 is 0 Å². The normalized spacial score (nSPS) is 16.6. The molecule has 0 amide bonds. The summed E-state index contributed by atoms with van der Waals surface area (Å²) >= 11 is 0. The fourth-order valence-corrected chi connectivity index (χ4v) is 3.95. The lowest BCUT2D eigenvalue weighted by Crippen LogP contribution is -2.48. The molecule has 3 rings (SSSR count). The third-order valence-corrected chi connectivity index (χ3v) is 5.76. The van der Waals surface area contributed by atoms with Crippen LogP contribution in [-0.2, 0) is 6.54 Å². The van der Waals surface area contributed by atoms with Crippen LogP contribution in [-0.4, -0.2) is 90.5 Å². The van der Waals surface area contributed by atoms with Crippen LogP contribution >= 0.6 is 24.0 Å². The first-order valence-corrected chi connectivity index (χ1v) is 11.0. The molecule has 7 nitrogen and oxygen atoms in total. The van der Waals surface area contributed by atoms with Crippen LogP contribution in [0.1, 0.15) is 19.7 Å². The van der Waals surface area contributed by atoms with Crippen LogP contribution in [0.15, 0.2) is 41.5 Å². The first-order chi connectivity index (χ1) is 14.6. The van der Waals surface area contributed by atoms with Gasteiger partial charge in [-0.2, -0.15) is 0 Å². The molecule has 1 aromatic carbocycles. The molecule has 1 atom stereocenters. The summed E-state index contributed by atoms with van der Waals surface area (Å²) in [5.74, 6) is 2.40. The predicted molar refractivity (Wildman–Crippen MR) is 140 cm³/mol. The van der Waals surface area contributed by atoms with Gasteiger partial charge in [0.2, 0.25) is 0 Å². The zero-order valence-corrected chi connectivity index (χ0v) is 21.7. The smallest absolute Gasteiger partial charge is 0.193 e. The second kappa shape index (κ2) is 13.0. The molecule has 0 radical (unpaired) electrons. The standard InChI is InChI=1S/C23H37N7.HI/c1-5-29-11-13-30(14-12-29)17-19(2)15-26-23(24-3)28(4)18-22-25-16-21(27-22)20-9-7-6-8-10-20;/h6-10,16,19H,5,11-15,17-18H2,1-4H3,(H,24,26)(H,25,27);1H. The number of imidazole rings is 1.